The van der Waals surface area contributed by atoms with Crippen LogP contribution < -0.4 is 4.90 Å². The summed E-state index contributed by atoms with van der Waals surface area (Å²) in [5, 5.41) is 0.723. The van der Waals surface area contributed by atoms with E-state index in [1.807, 2.05) is 30.3 Å². The number of rotatable bonds is 3. The van der Waals surface area contributed by atoms with Crippen molar-refractivity contribution < 1.29 is 4.74 Å². The largest absolute Gasteiger partial charge is 0.382 e. The van der Waals surface area contributed by atoms with Crippen LogP contribution in [-0.4, -0.2) is 39.1 Å². The molecule has 1 unspecified atom stereocenters. The fourth-order valence-corrected chi connectivity index (χ4v) is 2.98. The van der Waals surface area contributed by atoms with Crippen LogP contribution in [0.4, 0.5) is 5.69 Å². The molecule has 4 heteroatoms. The number of hydrogen-bond acceptors (Lipinski definition) is 3. The Morgan fingerprint density at radius 3 is 2.73 bits per heavy atom. The summed E-state index contributed by atoms with van der Waals surface area (Å²) in [4.78, 5) is 7.09. The first kappa shape index (κ1) is 15.1. The average Bonchev–Trinajstić information content (AvgIpc) is 2.66. The smallest absolute Gasteiger partial charge is 0.0741 e. The Hall–Kier alpha value is -1.84. The number of aliphatic imine (C=N–C) groups is 1. The van der Waals surface area contributed by atoms with Crippen molar-refractivity contribution in [3.05, 3.63) is 64.7 Å². The van der Waals surface area contributed by atoms with Gasteiger partial charge in [-0.1, -0.05) is 41.9 Å². The highest BCUT2D eigenvalue weighted by atomic mass is 35.5. The lowest BCUT2D eigenvalue weighted by atomic mass is 10.0. The van der Waals surface area contributed by atoms with Crippen LogP contribution in [0.2, 0.25) is 5.02 Å². The van der Waals surface area contributed by atoms with Gasteiger partial charge < -0.3 is 9.64 Å². The predicted molar refractivity (Wildman–Crippen MR) is 92.5 cm³/mol. The van der Waals surface area contributed by atoms with Gasteiger partial charge in [0, 0.05) is 36.0 Å². The number of benzodiazepines with no additional fused rings is 1. The van der Waals surface area contributed by atoms with Gasteiger partial charge in [-0.25, -0.2) is 0 Å². The van der Waals surface area contributed by atoms with E-state index in [-0.39, 0.29) is 6.04 Å². The molecular weight excluding hydrogens is 296 g/mol. The van der Waals surface area contributed by atoms with Crippen LogP contribution in [0.1, 0.15) is 11.1 Å². The van der Waals surface area contributed by atoms with Crippen LogP contribution >= 0.6 is 11.6 Å². The fourth-order valence-electron chi connectivity index (χ4n) is 2.81. The monoisotopic (exact) mass is 314 g/mol. The van der Waals surface area contributed by atoms with E-state index in [0.29, 0.717) is 13.2 Å². The number of anilines is 1. The lowest BCUT2D eigenvalue weighted by Gasteiger charge is -2.28. The number of halogens is 1. The van der Waals surface area contributed by atoms with Crippen molar-refractivity contribution in [2.75, 3.05) is 32.2 Å². The third-order valence-corrected chi connectivity index (χ3v) is 4.24. The molecule has 2 aromatic carbocycles. The second kappa shape index (κ2) is 6.51. The lowest BCUT2D eigenvalue weighted by molar-refractivity contribution is 0.180. The summed E-state index contributed by atoms with van der Waals surface area (Å²) >= 11 is 6.23. The van der Waals surface area contributed by atoms with E-state index in [1.54, 1.807) is 7.11 Å². The van der Waals surface area contributed by atoms with E-state index < -0.39 is 0 Å². The van der Waals surface area contributed by atoms with Crippen molar-refractivity contribution in [2.24, 2.45) is 4.99 Å². The van der Waals surface area contributed by atoms with Gasteiger partial charge in [-0.05, 0) is 18.2 Å². The molecule has 0 bridgehead atoms. The summed E-state index contributed by atoms with van der Waals surface area (Å²) in [5.41, 5.74) is 4.30. The molecule has 1 aliphatic rings. The number of ether oxygens (including phenoxy) is 1. The Labute approximate surface area is 136 Å². The van der Waals surface area contributed by atoms with Gasteiger partial charge in [0.15, 0.2) is 0 Å². The summed E-state index contributed by atoms with van der Waals surface area (Å²) in [5.74, 6) is 0. The first-order valence-corrected chi connectivity index (χ1v) is 7.70. The normalized spacial score (nSPS) is 17.7. The molecule has 0 fully saturated rings. The molecule has 2 aromatic rings. The second-order valence-electron chi connectivity index (χ2n) is 5.44. The van der Waals surface area contributed by atoms with Crippen LogP contribution in [0.3, 0.4) is 0 Å². The molecule has 1 atom stereocenters. The minimum atomic E-state index is 0.214. The van der Waals surface area contributed by atoms with E-state index in [4.69, 9.17) is 21.3 Å². The molecule has 0 radical (unpaired) electrons. The molecule has 0 N–H and O–H groups in total. The molecule has 3 rings (SSSR count). The van der Waals surface area contributed by atoms with Crippen molar-refractivity contribution in [1.29, 1.82) is 0 Å². The van der Waals surface area contributed by atoms with Crippen molar-refractivity contribution in [1.82, 2.24) is 0 Å². The Kier molecular flexibility index (Phi) is 4.46. The SMILES string of the molecule is COCC1CN=C(c2ccccc2)c2cc(Cl)ccc2N1C. The molecule has 0 amide bonds. The molecule has 0 aromatic heterocycles. The highest BCUT2D eigenvalue weighted by molar-refractivity contribution is 6.31. The van der Waals surface area contributed by atoms with Crippen molar-refractivity contribution in [3.63, 3.8) is 0 Å². The maximum atomic E-state index is 6.23. The molecule has 22 heavy (non-hydrogen) atoms. The van der Waals surface area contributed by atoms with Crippen molar-refractivity contribution in [2.45, 2.75) is 6.04 Å². The van der Waals surface area contributed by atoms with E-state index in [1.165, 1.54) is 0 Å². The van der Waals surface area contributed by atoms with Gasteiger partial charge in [-0.15, -0.1) is 0 Å². The van der Waals surface area contributed by atoms with E-state index in [9.17, 15) is 0 Å². The van der Waals surface area contributed by atoms with Gasteiger partial charge in [-0.3, -0.25) is 4.99 Å². The molecular formula is C18H19ClN2O. The zero-order chi connectivity index (χ0) is 15.5. The Balaban J connectivity index is 2.14. The van der Waals surface area contributed by atoms with Crippen molar-refractivity contribution in [3.8, 4) is 0 Å². The van der Waals surface area contributed by atoms with Crippen LogP contribution in [-0.2, 0) is 4.74 Å². The van der Waals surface area contributed by atoms with Gasteiger partial charge in [0.2, 0.25) is 0 Å². The van der Waals surface area contributed by atoms with Gasteiger partial charge in [-0.2, -0.15) is 0 Å². The Bertz CT molecular complexity index is 685. The maximum Gasteiger partial charge on any atom is 0.0741 e. The predicted octanol–water partition coefficient (Wildman–Crippen LogP) is 3.64. The molecule has 1 aliphatic heterocycles. The third kappa shape index (κ3) is 2.87. The highest BCUT2D eigenvalue weighted by Gasteiger charge is 2.24. The third-order valence-electron chi connectivity index (χ3n) is 4.01. The van der Waals surface area contributed by atoms with Gasteiger partial charge >= 0.3 is 0 Å². The highest BCUT2D eigenvalue weighted by Crippen LogP contribution is 2.30. The number of benzene rings is 2. The molecule has 0 saturated carbocycles. The minimum Gasteiger partial charge on any atom is -0.382 e. The number of hydrogen-bond donors (Lipinski definition) is 0. The summed E-state index contributed by atoms with van der Waals surface area (Å²) in [7, 11) is 3.81. The maximum absolute atomic E-state index is 6.23. The zero-order valence-electron chi connectivity index (χ0n) is 12.8. The van der Waals surface area contributed by atoms with Gasteiger partial charge in [0.25, 0.3) is 0 Å². The van der Waals surface area contributed by atoms with Crippen LogP contribution in [0.5, 0.6) is 0 Å². The second-order valence-corrected chi connectivity index (χ2v) is 5.87. The van der Waals surface area contributed by atoms with Crippen LogP contribution in [0.25, 0.3) is 0 Å². The first-order chi connectivity index (χ1) is 10.7. The van der Waals surface area contributed by atoms with Crippen LogP contribution in [0.15, 0.2) is 53.5 Å². The summed E-state index contributed by atoms with van der Waals surface area (Å²) in [6.07, 6.45) is 0. The first-order valence-electron chi connectivity index (χ1n) is 7.32. The fraction of sp³-hybridized carbons (Fsp3) is 0.278. The molecule has 0 aliphatic carbocycles. The molecule has 3 nitrogen and oxygen atoms in total. The summed E-state index contributed by atoms with van der Waals surface area (Å²) in [6, 6.07) is 16.4. The summed E-state index contributed by atoms with van der Waals surface area (Å²) < 4.78 is 5.35. The van der Waals surface area contributed by atoms with Crippen molar-refractivity contribution >= 4 is 23.0 Å². The number of fused-ring (bicyclic) bond motifs is 1. The number of likely N-dealkylation sites (N-methyl/N-ethyl adjacent to an activating group) is 1. The van der Waals surface area contributed by atoms with E-state index in [2.05, 4.69) is 30.1 Å². The number of nitrogens with zero attached hydrogens (tertiary/aromatic N) is 2. The standard InChI is InChI=1S/C18H19ClN2O/c1-21-15(12-22-2)11-20-18(13-6-4-3-5-7-13)16-10-14(19)8-9-17(16)21/h3-10,15H,11-12H2,1-2H3. The Morgan fingerprint density at radius 2 is 2.00 bits per heavy atom. The van der Waals surface area contributed by atoms with E-state index in [0.717, 1.165) is 27.5 Å². The zero-order valence-corrected chi connectivity index (χ0v) is 13.5. The quantitative estimate of drug-likeness (QED) is 0.864. The minimum absolute atomic E-state index is 0.214. The average molecular weight is 315 g/mol. The molecule has 0 saturated heterocycles. The topological polar surface area (TPSA) is 24.8 Å². The molecule has 114 valence electrons. The summed E-state index contributed by atoms with van der Waals surface area (Å²) in [6.45, 7) is 1.34. The molecule has 0 spiro atoms. The Morgan fingerprint density at radius 1 is 1.23 bits per heavy atom. The molecule has 1 heterocycles. The van der Waals surface area contributed by atoms with Crippen LogP contribution in [0, 0.1) is 0 Å². The number of methoxy groups -OCH3 is 1. The lowest BCUT2D eigenvalue weighted by Crippen LogP contribution is -2.37. The van der Waals surface area contributed by atoms with E-state index >= 15 is 0 Å². The van der Waals surface area contributed by atoms with Gasteiger partial charge in [0.1, 0.15) is 0 Å². The van der Waals surface area contributed by atoms with Gasteiger partial charge in [0.05, 0.1) is 24.9 Å².